The van der Waals surface area contributed by atoms with Crippen LogP contribution in [0.25, 0.3) is 21.9 Å². The van der Waals surface area contributed by atoms with Crippen molar-refractivity contribution in [2.75, 3.05) is 13.2 Å². The molecule has 0 amide bonds. The maximum atomic E-state index is 11.7. The van der Waals surface area contributed by atoms with Gasteiger partial charge in [0.2, 0.25) is 0 Å². The molecule has 1 unspecified atom stereocenters. The fourth-order valence-corrected chi connectivity index (χ4v) is 5.28. The number of rotatable bonds is 13. The maximum Gasteiger partial charge on any atom is 0.335 e. The van der Waals surface area contributed by atoms with Crippen LogP contribution in [-0.2, 0) is 17.6 Å². The molecule has 0 aliphatic carbocycles. The number of β-amino-alcohol motifs (C(OH)–C–C–N with tert-alkyl or cyclic N) is 1. The number of benzene rings is 4. The number of nitrogens with one attached hydrogen (secondary N) is 1. The molecule has 0 aliphatic heterocycles. The summed E-state index contributed by atoms with van der Waals surface area (Å²) in [4.78, 5) is 11.7. The lowest BCUT2D eigenvalue weighted by Crippen LogP contribution is -2.46. The molecule has 5 heteroatoms. The molecular weight excluding hydrogens is 498 g/mol. The Labute approximate surface area is 237 Å². The molecule has 4 aromatic rings. The summed E-state index contributed by atoms with van der Waals surface area (Å²) in [5.74, 6) is -0.900. The Kier molecular flexibility index (Phi) is 9.75. The van der Waals surface area contributed by atoms with Crippen LogP contribution in [0.5, 0.6) is 0 Å². The lowest BCUT2D eigenvalue weighted by molar-refractivity contribution is -0.00397. The van der Waals surface area contributed by atoms with Gasteiger partial charge in [0.25, 0.3) is 0 Å². The van der Waals surface area contributed by atoms with E-state index in [0.29, 0.717) is 18.5 Å². The molecule has 40 heavy (non-hydrogen) atoms. The molecular formula is C35H41NO4. The number of ether oxygens (including phenoxy) is 1. The highest BCUT2D eigenvalue weighted by Crippen LogP contribution is 2.32. The van der Waals surface area contributed by atoms with Gasteiger partial charge in [-0.1, -0.05) is 92.2 Å². The first-order valence-electron chi connectivity index (χ1n) is 14.1. The predicted octanol–water partition coefficient (Wildman–Crippen LogP) is 7.21. The van der Waals surface area contributed by atoms with Crippen LogP contribution in [-0.4, -0.2) is 41.0 Å². The molecule has 210 valence electrons. The summed E-state index contributed by atoms with van der Waals surface area (Å²) in [6.07, 6.45) is 1.52. The summed E-state index contributed by atoms with van der Waals surface area (Å²) in [5, 5.41) is 26.3. The van der Waals surface area contributed by atoms with Gasteiger partial charge in [-0.25, -0.2) is 4.79 Å². The normalized spacial score (nSPS) is 13.3. The van der Waals surface area contributed by atoms with Crippen LogP contribution in [0.2, 0.25) is 0 Å². The van der Waals surface area contributed by atoms with Gasteiger partial charge < -0.3 is 20.3 Å². The molecule has 0 aliphatic rings. The fraction of sp³-hybridized carbons (Fsp3) is 0.343. The standard InChI is InChI=1S/C35H41NO4/c1-5-10-28-20-29(17-18-33(28)34(38)39)32-14-9-8-13-31(32)24(2)40-23-30(37)22-36-35(3,4)21-25-15-16-26-11-6-7-12-27(26)19-25/h6-9,11-20,24,30,36-37H,5,10,21-23H2,1-4H3,(H,38,39)/t24?,30-/m1/s1. The summed E-state index contributed by atoms with van der Waals surface area (Å²) in [6.45, 7) is 8.96. The van der Waals surface area contributed by atoms with Crippen LogP contribution < -0.4 is 5.32 Å². The summed E-state index contributed by atoms with van der Waals surface area (Å²) < 4.78 is 6.14. The van der Waals surface area contributed by atoms with Gasteiger partial charge in [0.15, 0.2) is 0 Å². The van der Waals surface area contributed by atoms with E-state index in [1.807, 2.05) is 50.2 Å². The monoisotopic (exact) mass is 539 g/mol. The number of carboxylic acid groups (broad SMARTS) is 1. The third-order valence-corrected chi connectivity index (χ3v) is 7.38. The highest BCUT2D eigenvalue weighted by molar-refractivity contribution is 5.90. The highest BCUT2D eigenvalue weighted by atomic mass is 16.5. The van der Waals surface area contributed by atoms with E-state index < -0.39 is 12.1 Å². The third-order valence-electron chi connectivity index (χ3n) is 7.38. The number of aliphatic hydroxyl groups is 1. The molecule has 0 spiro atoms. The van der Waals surface area contributed by atoms with Gasteiger partial charge in [0.05, 0.1) is 24.4 Å². The van der Waals surface area contributed by atoms with E-state index in [9.17, 15) is 15.0 Å². The van der Waals surface area contributed by atoms with Crippen LogP contribution in [0.4, 0.5) is 0 Å². The lowest BCUT2D eigenvalue weighted by Gasteiger charge is -2.28. The molecule has 5 nitrogen and oxygen atoms in total. The first-order valence-corrected chi connectivity index (χ1v) is 14.1. The number of aromatic carboxylic acids is 1. The molecule has 0 aromatic heterocycles. The molecule has 0 bridgehead atoms. The first kappa shape index (κ1) is 29.5. The smallest absolute Gasteiger partial charge is 0.335 e. The Bertz CT molecular complexity index is 1440. The van der Waals surface area contributed by atoms with Crippen molar-refractivity contribution in [3.8, 4) is 11.1 Å². The van der Waals surface area contributed by atoms with Gasteiger partial charge in [-0.2, -0.15) is 0 Å². The maximum absolute atomic E-state index is 11.7. The Balaban J connectivity index is 1.36. The Hall–Kier alpha value is -3.51. The Morgan fingerprint density at radius 2 is 1.68 bits per heavy atom. The Morgan fingerprint density at radius 3 is 2.42 bits per heavy atom. The highest BCUT2D eigenvalue weighted by Gasteiger charge is 2.21. The SMILES string of the molecule is CCCc1cc(-c2ccccc2C(C)OC[C@H](O)CNC(C)(C)Cc2ccc3ccccc3c2)ccc1C(=O)O. The summed E-state index contributed by atoms with van der Waals surface area (Å²) >= 11 is 0. The molecule has 0 saturated carbocycles. The van der Waals surface area contributed by atoms with Gasteiger partial charge in [-0.05, 0) is 78.3 Å². The van der Waals surface area contributed by atoms with Crippen molar-refractivity contribution in [2.24, 2.45) is 0 Å². The van der Waals surface area contributed by atoms with Crippen molar-refractivity contribution in [2.45, 2.75) is 64.7 Å². The molecule has 0 radical (unpaired) electrons. The number of hydrogen-bond acceptors (Lipinski definition) is 4. The topological polar surface area (TPSA) is 78.8 Å². The average molecular weight is 540 g/mol. The minimum Gasteiger partial charge on any atom is -0.478 e. The zero-order valence-corrected chi connectivity index (χ0v) is 24.0. The molecule has 0 fully saturated rings. The number of aryl methyl sites for hydroxylation is 1. The molecule has 3 N–H and O–H groups in total. The van der Waals surface area contributed by atoms with E-state index >= 15 is 0 Å². The van der Waals surface area contributed by atoms with Crippen molar-refractivity contribution in [1.29, 1.82) is 0 Å². The fourth-order valence-electron chi connectivity index (χ4n) is 5.28. The first-order chi connectivity index (χ1) is 19.2. The van der Waals surface area contributed by atoms with Gasteiger partial charge in [-0.15, -0.1) is 0 Å². The van der Waals surface area contributed by atoms with Gasteiger partial charge in [0, 0.05) is 12.1 Å². The summed E-state index contributed by atoms with van der Waals surface area (Å²) in [7, 11) is 0. The second kappa shape index (κ2) is 13.2. The summed E-state index contributed by atoms with van der Waals surface area (Å²) in [5.41, 5.74) is 5.23. The molecule has 0 heterocycles. The van der Waals surface area contributed by atoms with Gasteiger partial charge >= 0.3 is 5.97 Å². The number of aliphatic hydroxyl groups excluding tert-OH is 1. The second-order valence-corrected chi connectivity index (χ2v) is 11.3. The number of hydrogen-bond donors (Lipinski definition) is 3. The number of carboxylic acids is 1. The molecule has 2 atom stereocenters. The minimum absolute atomic E-state index is 0.194. The Morgan fingerprint density at radius 1 is 0.950 bits per heavy atom. The minimum atomic E-state index is -0.900. The van der Waals surface area contributed by atoms with Crippen molar-refractivity contribution >= 4 is 16.7 Å². The number of carbonyl (C=O) groups is 1. The van der Waals surface area contributed by atoms with Crippen LogP contribution >= 0.6 is 0 Å². The van der Waals surface area contributed by atoms with Crippen LogP contribution in [0, 0.1) is 0 Å². The zero-order chi connectivity index (χ0) is 28.7. The van der Waals surface area contributed by atoms with Gasteiger partial charge in [-0.3, -0.25) is 0 Å². The average Bonchev–Trinajstić information content (AvgIpc) is 2.94. The van der Waals surface area contributed by atoms with E-state index in [-0.39, 0.29) is 18.2 Å². The van der Waals surface area contributed by atoms with E-state index in [2.05, 4.69) is 61.6 Å². The van der Waals surface area contributed by atoms with Crippen molar-refractivity contribution in [1.82, 2.24) is 5.32 Å². The predicted molar refractivity (Wildman–Crippen MR) is 163 cm³/mol. The van der Waals surface area contributed by atoms with Crippen molar-refractivity contribution in [3.63, 3.8) is 0 Å². The zero-order valence-electron chi connectivity index (χ0n) is 24.0. The summed E-state index contributed by atoms with van der Waals surface area (Å²) in [6, 6.07) is 28.5. The second-order valence-electron chi connectivity index (χ2n) is 11.3. The van der Waals surface area contributed by atoms with Crippen molar-refractivity contribution < 1.29 is 19.7 Å². The van der Waals surface area contributed by atoms with Gasteiger partial charge in [0.1, 0.15) is 0 Å². The third kappa shape index (κ3) is 7.57. The quantitative estimate of drug-likeness (QED) is 0.167. The van der Waals surface area contributed by atoms with E-state index in [1.165, 1.54) is 16.3 Å². The van der Waals surface area contributed by atoms with Crippen molar-refractivity contribution in [3.05, 3.63) is 107 Å². The van der Waals surface area contributed by atoms with Crippen LogP contribution in [0.15, 0.2) is 84.9 Å². The van der Waals surface area contributed by atoms with Crippen LogP contribution in [0.3, 0.4) is 0 Å². The van der Waals surface area contributed by atoms with E-state index in [0.717, 1.165) is 35.1 Å². The van der Waals surface area contributed by atoms with E-state index in [4.69, 9.17) is 4.74 Å². The number of fused-ring (bicyclic) bond motifs is 1. The lowest BCUT2D eigenvalue weighted by atomic mass is 9.92. The largest absolute Gasteiger partial charge is 0.478 e. The molecule has 0 saturated heterocycles. The molecule has 4 rings (SSSR count). The van der Waals surface area contributed by atoms with E-state index in [1.54, 1.807) is 6.07 Å². The molecule has 4 aromatic carbocycles. The van der Waals surface area contributed by atoms with Crippen LogP contribution in [0.1, 0.15) is 67.3 Å².